The lowest BCUT2D eigenvalue weighted by atomic mass is 10.1. The Morgan fingerprint density at radius 2 is 1.60 bits per heavy atom. The van der Waals surface area contributed by atoms with Crippen LogP contribution < -0.4 is 14.2 Å². The van der Waals surface area contributed by atoms with Crippen molar-refractivity contribution in [3.8, 4) is 17.2 Å². The Morgan fingerprint density at radius 3 is 2.30 bits per heavy atom. The SMILES string of the molecule is CCCCCCCC[CH]Oc1cccc(OC)c1OC. The minimum Gasteiger partial charge on any atom is -0.493 e. The van der Waals surface area contributed by atoms with Gasteiger partial charge in [0.1, 0.15) is 6.61 Å². The summed E-state index contributed by atoms with van der Waals surface area (Å²) >= 11 is 0. The van der Waals surface area contributed by atoms with Crippen molar-refractivity contribution in [1.82, 2.24) is 0 Å². The Hall–Kier alpha value is -1.38. The number of ether oxygens (including phenoxy) is 3. The van der Waals surface area contributed by atoms with Crippen LogP contribution in [0.2, 0.25) is 0 Å². The van der Waals surface area contributed by atoms with Crippen LogP contribution in [0.5, 0.6) is 17.2 Å². The molecule has 0 aliphatic rings. The van der Waals surface area contributed by atoms with Gasteiger partial charge >= 0.3 is 0 Å². The molecule has 0 saturated heterocycles. The monoisotopic (exact) mass is 279 g/mol. The summed E-state index contributed by atoms with van der Waals surface area (Å²) in [4.78, 5) is 0. The van der Waals surface area contributed by atoms with E-state index in [0.717, 1.165) is 6.42 Å². The van der Waals surface area contributed by atoms with Gasteiger partial charge in [-0.2, -0.15) is 0 Å². The minimum absolute atomic E-state index is 0.647. The molecule has 0 aliphatic heterocycles. The molecule has 0 N–H and O–H groups in total. The fourth-order valence-electron chi connectivity index (χ4n) is 2.11. The van der Waals surface area contributed by atoms with E-state index in [9.17, 15) is 0 Å². The molecule has 1 aromatic carbocycles. The lowest BCUT2D eigenvalue weighted by molar-refractivity contribution is 0.318. The van der Waals surface area contributed by atoms with Crippen molar-refractivity contribution in [2.24, 2.45) is 0 Å². The van der Waals surface area contributed by atoms with Gasteiger partial charge in [0.15, 0.2) is 11.5 Å². The highest BCUT2D eigenvalue weighted by Crippen LogP contribution is 2.37. The predicted octanol–water partition coefficient (Wildman–Crippen LogP) is 4.99. The molecule has 0 unspecified atom stereocenters. The summed E-state index contributed by atoms with van der Waals surface area (Å²) in [6, 6.07) is 5.65. The van der Waals surface area contributed by atoms with Gasteiger partial charge in [-0.15, -0.1) is 0 Å². The molecule has 1 aromatic rings. The molecule has 0 aromatic heterocycles. The average molecular weight is 279 g/mol. The number of rotatable bonds is 11. The van der Waals surface area contributed by atoms with E-state index in [4.69, 9.17) is 14.2 Å². The Labute approximate surface area is 123 Å². The summed E-state index contributed by atoms with van der Waals surface area (Å²) in [6.07, 6.45) is 8.73. The highest BCUT2D eigenvalue weighted by atomic mass is 16.5. The molecule has 1 rings (SSSR count). The van der Waals surface area contributed by atoms with Gasteiger partial charge < -0.3 is 14.2 Å². The Bertz CT molecular complexity index is 363. The van der Waals surface area contributed by atoms with Crippen LogP contribution >= 0.6 is 0 Å². The summed E-state index contributed by atoms with van der Waals surface area (Å²) in [5.41, 5.74) is 0. The average Bonchev–Trinajstić information content (AvgIpc) is 2.49. The first-order chi connectivity index (χ1) is 9.83. The quantitative estimate of drug-likeness (QED) is 0.534. The van der Waals surface area contributed by atoms with Gasteiger partial charge in [0.05, 0.1) is 14.2 Å². The predicted molar refractivity (Wildman–Crippen MR) is 82.5 cm³/mol. The number of para-hydroxylation sites is 1. The molecule has 0 fully saturated rings. The molecular weight excluding hydrogens is 252 g/mol. The Balaban J connectivity index is 2.25. The molecule has 0 bridgehead atoms. The zero-order valence-corrected chi connectivity index (χ0v) is 13.0. The summed E-state index contributed by atoms with van der Waals surface area (Å²) < 4.78 is 16.2. The molecular formula is C17H27O3. The van der Waals surface area contributed by atoms with Crippen molar-refractivity contribution in [3.63, 3.8) is 0 Å². The topological polar surface area (TPSA) is 27.7 Å². The zero-order valence-electron chi connectivity index (χ0n) is 13.0. The fraction of sp³-hybridized carbons (Fsp3) is 0.588. The van der Waals surface area contributed by atoms with E-state index in [1.54, 1.807) is 14.2 Å². The zero-order chi connectivity index (χ0) is 14.6. The van der Waals surface area contributed by atoms with Crippen LogP contribution in [0.3, 0.4) is 0 Å². The third kappa shape index (κ3) is 5.72. The molecule has 113 valence electrons. The summed E-state index contributed by atoms with van der Waals surface area (Å²) in [6.45, 7) is 4.10. The van der Waals surface area contributed by atoms with Crippen LogP contribution in [0.25, 0.3) is 0 Å². The summed E-state index contributed by atoms with van der Waals surface area (Å²) in [5, 5.41) is 0. The van der Waals surface area contributed by atoms with Gasteiger partial charge in [0, 0.05) is 0 Å². The van der Waals surface area contributed by atoms with E-state index in [1.807, 2.05) is 24.8 Å². The molecule has 0 heterocycles. The third-order valence-corrected chi connectivity index (χ3v) is 3.25. The number of unbranched alkanes of at least 4 members (excludes halogenated alkanes) is 6. The molecule has 0 aliphatic carbocycles. The van der Waals surface area contributed by atoms with E-state index in [1.165, 1.54) is 38.5 Å². The van der Waals surface area contributed by atoms with Crippen molar-refractivity contribution in [3.05, 3.63) is 24.8 Å². The standard InChI is InChI=1S/C17H27O3/c1-4-5-6-7-8-9-10-14-20-16-13-11-12-15(18-2)17(16)19-3/h11-14H,4-10H2,1-3H3. The highest BCUT2D eigenvalue weighted by Gasteiger charge is 2.10. The molecule has 0 saturated carbocycles. The molecule has 0 spiro atoms. The molecule has 3 nitrogen and oxygen atoms in total. The normalized spacial score (nSPS) is 10.3. The summed E-state index contributed by atoms with van der Waals surface area (Å²) in [5.74, 6) is 2.05. The lowest BCUT2D eigenvalue weighted by Crippen LogP contribution is -1.96. The van der Waals surface area contributed by atoms with E-state index in [0.29, 0.717) is 17.2 Å². The first kappa shape index (κ1) is 16.7. The van der Waals surface area contributed by atoms with Crippen molar-refractivity contribution < 1.29 is 14.2 Å². The smallest absolute Gasteiger partial charge is 0.203 e. The maximum absolute atomic E-state index is 5.67. The summed E-state index contributed by atoms with van der Waals surface area (Å²) in [7, 11) is 3.25. The largest absolute Gasteiger partial charge is 0.493 e. The second-order valence-corrected chi connectivity index (χ2v) is 4.83. The van der Waals surface area contributed by atoms with Crippen LogP contribution in [0.15, 0.2) is 18.2 Å². The van der Waals surface area contributed by atoms with Crippen LogP contribution in [-0.2, 0) is 0 Å². The van der Waals surface area contributed by atoms with Gasteiger partial charge in [0.25, 0.3) is 0 Å². The van der Waals surface area contributed by atoms with Crippen LogP contribution in [-0.4, -0.2) is 14.2 Å². The van der Waals surface area contributed by atoms with Gasteiger partial charge in [-0.3, -0.25) is 0 Å². The van der Waals surface area contributed by atoms with Gasteiger partial charge in [0.2, 0.25) is 5.75 Å². The molecule has 20 heavy (non-hydrogen) atoms. The number of methoxy groups -OCH3 is 2. The fourth-order valence-corrected chi connectivity index (χ4v) is 2.11. The van der Waals surface area contributed by atoms with E-state index >= 15 is 0 Å². The Morgan fingerprint density at radius 1 is 0.900 bits per heavy atom. The first-order valence-electron chi connectivity index (χ1n) is 7.52. The Kier molecular flexibility index (Phi) is 8.68. The van der Waals surface area contributed by atoms with Gasteiger partial charge in [-0.1, -0.05) is 45.1 Å². The molecule has 3 heteroatoms. The van der Waals surface area contributed by atoms with Crippen LogP contribution in [0, 0.1) is 6.61 Å². The second kappa shape index (κ2) is 10.4. The second-order valence-electron chi connectivity index (χ2n) is 4.83. The first-order valence-corrected chi connectivity index (χ1v) is 7.52. The minimum atomic E-state index is 0.647. The van der Waals surface area contributed by atoms with Crippen LogP contribution in [0.4, 0.5) is 0 Å². The van der Waals surface area contributed by atoms with Crippen LogP contribution in [0.1, 0.15) is 51.9 Å². The molecule has 0 atom stereocenters. The maximum Gasteiger partial charge on any atom is 0.203 e. The van der Waals surface area contributed by atoms with Crippen molar-refractivity contribution >= 4 is 0 Å². The third-order valence-electron chi connectivity index (χ3n) is 3.25. The van der Waals surface area contributed by atoms with Gasteiger partial charge in [-0.25, -0.2) is 0 Å². The van der Waals surface area contributed by atoms with Gasteiger partial charge in [-0.05, 0) is 25.0 Å². The maximum atomic E-state index is 5.67. The molecule has 0 amide bonds. The molecule has 1 radical (unpaired) electrons. The number of hydrogen-bond donors (Lipinski definition) is 0. The van der Waals surface area contributed by atoms with E-state index < -0.39 is 0 Å². The highest BCUT2D eigenvalue weighted by molar-refractivity contribution is 5.51. The van der Waals surface area contributed by atoms with E-state index in [-0.39, 0.29) is 0 Å². The lowest BCUT2D eigenvalue weighted by Gasteiger charge is -2.12. The van der Waals surface area contributed by atoms with E-state index in [2.05, 4.69) is 6.92 Å². The number of hydrogen-bond acceptors (Lipinski definition) is 3. The number of benzene rings is 1. The van der Waals surface area contributed by atoms with Crippen molar-refractivity contribution in [1.29, 1.82) is 0 Å². The van der Waals surface area contributed by atoms with Crippen molar-refractivity contribution in [2.45, 2.75) is 51.9 Å². The van der Waals surface area contributed by atoms with Crippen molar-refractivity contribution in [2.75, 3.05) is 14.2 Å².